The zero-order valence-corrected chi connectivity index (χ0v) is 12.7. The molecule has 0 unspecified atom stereocenters. The highest BCUT2D eigenvalue weighted by Gasteiger charge is 2.51. The van der Waals surface area contributed by atoms with Crippen LogP contribution in [0.25, 0.3) is 0 Å². The van der Waals surface area contributed by atoms with Crippen molar-refractivity contribution in [3.8, 4) is 0 Å². The summed E-state index contributed by atoms with van der Waals surface area (Å²) in [4.78, 5) is 26.1. The van der Waals surface area contributed by atoms with E-state index in [-0.39, 0.29) is 24.8 Å². The first-order valence-electron chi connectivity index (χ1n) is 7.83. The minimum Gasteiger partial charge on any atom is -0.278 e. The van der Waals surface area contributed by atoms with Crippen molar-refractivity contribution in [2.24, 2.45) is 5.41 Å². The maximum Gasteiger partial charge on any atom is 0.416 e. The summed E-state index contributed by atoms with van der Waals surface area (Å²) in [7, 11) is 0. The van der Waals surface area contributed by atoms with Gasteiger partial charge in [0, 0.05) is 6.42 Å². The molecule has 6 heteroatoms. The molecule has 1 aliphatic carbocycles. The number of carbonyl (C=O) groups is 2. The monoisotopic (exact) mass is 325 g/mol. The molecule has 1 aliphatic heterocycles. The Morgan fingerprint density at radius 2 is 1.61 bits per heavy atom. The second-order valence-electron chi connectivity index (χ2n) is 6.50. The first-order chi connectivity index (χ1) is 10.8. The number of benzene rings is 1. The van der Waals surface area contributed by atoms with E-state index < -0.39 is 17.2 Å². The number of imide groups is 1. The predicted octanol–water partition coefficient (Wildman–Crippen LogP) is 3.91. The van der Waals surface area contributed by atoms with Crippen LogP contribution in [0.2, 0.25) is 0 Å². The lowest BCUT2D eigenvalue weighted by Gasteiger charge is -2.30. The van der Waals surface area contributed by atoms with Crippen molar-refractivity contribution in [3.63, 3.8) is 0 Å². The first-order valence-corrected chi connectivity index (χ1v) is 7.83. The highest BCUT2D eigenvalue weighted by molar-refractivity contribution is 6.05. The molecule has 2 fully saturated rings. The van der Waals surface area contributed by atoms with Gasteiger partial charge in [-0.15, -0.1) is 0 Å². The third kappa shape index (κ3) is 2.99. The zero-order valence-electron chi connectivity index (χ0n) is 12.7. The smallest absolute Gasteiger partial charge is 0.278 e. The van der Waals surface area contributed by atoms with Gasteiger partial charge in [-0.1, -0.05) is 31.4 Å². The fourth-order valence-electron chi connectivity index (χ4n) is 3.62. The summed E-state index contributed by atoms with van der Waals surface area (Å²) in [5.41, 5.74) is -0.752. The number of amides is 2. The molecule has 1 spiro atoms. The summed E-state index contributed by atoms with van der Waals surface area (Å²) in [6.07, 6.45) is 0.320. The number of alkyl halides is 3. The van der Waals surface area contributed by atoms with Gasteiger partial charge in [0.05, 0.1) is 17.5 Å². The molecule has 124 valence electrons. The molecule has 0 radical (unpaired) electrons. The molecule has 0 aromatic heterocycles. The number of nitrogens with zero attached hydrogens (tertiary/aromatic N) is 1. The van der Waals surface area contributed by atoms with E-state index in [2.05, 4.69) is 0 Å². The van der Waals surface area contributed by atoms with Crippen LogP contribution < -0.4 is 0 Å². The topological polar surface area (TPSA) is 37.4 Å². The number of hydrogen-bond acceptors (Lipinski definition) is 2. The second kappa shape index (κ2) is 5.65. The highest BCUT2D eigenvalue weighted by atomic mass is 19.4. The molecule has 1 aromatic rings. The van der Waals surface area contributed by atoms with Crippen LogP contribution in [0.3, 0.4) is 0 Å². The summed E-state index contributed by atoms with van der Waals surface area (Å²) in [5, 5.41) is 0. The molecule has 1 saturated heterocycles. The molecule has 2 aliphatic rings. The fourth-order valence-corrected chi connectivity index (χ4v) is 3.62. The Morgan fingerprint density at radius 1 is 1.00 bits per heavy atom. The van der Waals surface area contributed by atoms with E-state index in [4.69, 9.17) is 0 Å². The standard InChI is InChI=1S/C17H18F3NO2/c18-17(19,20)13-6-4-12(5-7-13)11-21-14(22)10-16(15(21)23)8-2-1-3-9-16/h4-7H,1-3,8-11H2. The minimum absolute atomic E-state index is 0.0531. The summed E-state index contributed by atoms with van der Waals surface area (Å²) in [6, 6.07) is 4.62. The van der Waals surface area contributed by atoms with Crippen LogP contribution in [0.4, 0.5) is 13.2 Å². The van der Waals surface area contributed by atoms with Crippen LogP contribution in [0.5, 0.6) is 0 Å². The maximum absolute atomic E-state index is 12.6. The Morgan fingerprint density at radius 3 is 2.17 bits per heavy atom. The SMILES string of the molecule is O=C1CC2(CCCCC2)C(=O)N1Cc1ccc(C(F)(F)F)cc1. The van der Waals surface area contributed by atoms with Crippen LogP contribution in [0, 0.1) is 5.41 Å². The van der Waals surface area contributed by atoms with Crippen LogP contribution >= 0.6 is 0 Å². The van der Waals surface area contributed by atoms with Gasteiger partial charge in [-0.2, -0.15) is 13.2 Å². The Labute approximate surface area is 132 Å². The van der Waals surface area contributed by atoms with E-state index in [1.807, 2.05) is 0 Å². The van der Waals surface area contributed by atoms with Gasteiger partial charge in [-0.05, 0) is 30.5 Å². The van der Waals surface area contributed by atoms with Gasteiger partial charge in [0.15, 0.2) is 0 Å². The number of hydrogen-bond donors (Lipinski definition) is 0. The van der Waals surface area contributed by atoms with Crippen molar-refractivity contribution in [1.29, 1.82) is 0 Å². The zero-order chi connectivity index (χ0) is 16.7. The molecule has 0 atom stereocenters. The van der Waals surface area contributed by atoms with E-state index in [1.165, 1.54) is 17.0 Å². The van der Waals surface area contributed by atoms with Gasteiger partial charge in [0.2, 0.25) is 11.8 Å². The van der Waals surface area contributed by atoms with Crippen LogP contribution in [-0.2, 0) is 22.3 Å². The summed E-state index contributed by atoms with van der Waals surface area (Å²) in [6.45, 7) is 0.0531. The second-order valence-corrected chi connectivity index (χ2v) is 6.50. The molecule has 0 N–H and O–H groups in total. The maximum atomic E-state index is 12.6. The molecule has 3 nitrogen and oxygen atoms in total. The fraction of sp³-hybridized carbons (Fsp3) is 0.529. The summed E-state index contributed by atoms with van der Waals surface area (Å²) < 4.78 is 37.7. The molecular formula is C17H18F3NO2. The van der Waals surface area contributed by atoms with Crippen molar-refractivity contribution in [3.05, 3.63) is 35.4 Å². The Bertz CT molecular complexity index is 616. The molecule has 23 heavy (non-hydrogen) atoms. The molecule has 1 heterocycles. The lowest BCUT2D eigenvalue weighted by molar-refractivity contribution is -0.143. The van der Waals surface area contributed by atoms with Crippen molar-refractivity contribution in [2.75, 3.05) is 0 Å². The quantitative estimate of drug-likeness (QED) is 0.773. The Balaban J connectivity index is 1.75. The van der Waals surface area contributed by atoms with Gasteiger partial charge in [0.25, 0.3) is 0 Å². The third-order valence-electron chi connectivity index (χ3n) is 4.92. The van der Waals surface area contributed by atoms with Gasteiger partial charge >= 0.3 is 6.18 Å². The number of rotatable bonds is 2. The van der Waals surface area contributed by atoms with E-state index >= 15 is 0 Å². The lowest BCUT2D eigenvalue weighted by atomic mass is 9.73. The summed E-state index contributed by atoms with van der Waals surface area (Å²) >= 11 is 0. The number of carbonyl (C=O) groups excluding carboxylic acids is 2. The van der Waals surface area contributed by atoms with Gasteiger partial charge in [-0.3, -0.25) is 14.5 Å². The van der Waals surface area contributed by atoms with Crippen molar-refractivity contribution in [2.45, 2.75) is 51.2 Å². The van der Waals surface area contributed by atoms with E-state index in [9.17, 15) is 22.8 Å². The van der Waals surface area contributed by atoms with Crippen molar-refractivity contribution in [1.82, 2.24) is 4.90 Å². The third-order valence-corrected chi connectivity index (χ3v) is 4.92. The van der Waals surface area contributed by atoms with Crippen LogP contribution in [0.1, 0.15) is 49.7 Å². The van der Waals surface area contributed by atoms with E-state index in [0.29, 0.717) is 5.56 Å². The van der Waals surface area contributed by atoms with Crippen LogP contribution in [0.15, 0.2) is 24.3 Å². The highest BCUT2D eigenvalue weighted by Crippen LogP contribution is 2.45. The number of likely N-dealkylation sites (tertiary alicyclic amines) is 1. The first kappa shape index (κ1) is 16.0. The average molecular weight is 325 g/mol. The molecule has 1 aromatic carbocycles. The minimum atomic E-state index is -4.38. The van der Waals surface area contributed by atoms with Crippen LogP contribution in [-0.4, -0.2) is 16.7 Å². The molecule has 0 bridgehead atoms. The van der Waals surface area contributed by atoms with Gasteiger partial charge in [0.1, 0.15) is 0 Å². The molecule has 3 rings (SSSR count). The number of halogens is 3. The van der Waals surface area contributed by atoms with Gasteiger partial charge < -0.3 is 0 Å². The predicted molar refractivity (Wildman–Crippen MR) is 77.1 cm³/mol. The molecular weight excluding hydrogens is 307 g/mol. The largest absolute Gasteiger partial charge is 0.416 e. The molecule has 2 amide bonds. The lowest BCUT2D eigenvalue weighted by Crippen LogP contribution is -2.36. The Hall–Kier alpha value is -1.85. The molecule has 1 saturated carbocycles. The van der Waals surface area contributed by atoms with Crippen molar-refractivity contribution >= 4 is 11.8 Å². The Kier molecular flexibility index (Phi) is 3.94. The summed E-state index contributed by atoms with van der Waals surface area (Å²) in [5.74, 6) is -0.362. The normalized spacial score (nSPS) is 21.3. The van der Waals surface area contributed by atoms with Crippen molar-refractivity contribution < 1.29 is 22.8 Å². The van der Waals surface area contributed by atoms with E-state index in [0.717, 1.165) is 44.2 Å². The average Bonchev–Trinajstić information content (AvgIpc) is 2.72. The van der Waals surface area contributed by atoms with Gasteiger partial charge in [-0.25, -0.2) is 0 Å². The van der Waals surface area contributed by atoms with E-state index in [1.54, 1.807) is 0 Å².